The molecule has 1 saturated carbocycles. The van der Waals surface area contributed by atoms with E-state index in [-0.39, 0.29) is 11.8 Å². The zero-order valence-corrected chi connectivity index (χ0v) is 21.5. The standard InChI is InChI=1S/C28H44N2O2S/c1-2-3-4-5-6-7-8-9-10-11-12-13-18-23(26(31)22-16-14-15-17-22)25-21-30-28(33-25)27-24(29)19-20-32-27/h19-23H,2-18,29H2,1H3. The van der Waals surface area contributed by atoms with E-state index in [0.29, 0.717) is 17.2 Å². The number of aromatic nitrogens is 1. The number of carbonyl (C=O) groups excluding carboxylic acids is 1. The van der Waals surface area contributed by atoms with Gasteiger partial charge < -0.3 is 10.2 Å². The van der Waals surface area contributed by atoms with Crippen molar-refractivity contribution in [3.8, 4) is 10.8 Å². The number of hydrogen-bond acceptors (Lipinski definition) is 5. The van der Waals surface area contributed by atoms with Crippen molar-refractivity contribution in [2.75, 3.05) is 5.73 Å². The third-order valence-electron chi connectivity index (χ3n) is 7.20. The zero-order valence-electron chi connectivity index (χ0n) is 20.7. The van der Waals surface area contributed by atoms with Crippen molar-refractivity contribution < 1.29 is 9.21 Å². The van der Waals surface area contributed by atoms with Crippen LogP contribution in [0.1, 0.15) is 127 Å². The van der Waals surface area contributed by atoms with Gasteiger partial charge in [-0.25, -0.2) is 4.98 Å². The third kappa shape index (κ3) is 8.27. The Kier molecular flexibility index (Phi) is 11.5. The summed E-state index contributed by atoms with van der Waals surface area (Å²) >= 11 is 1.58. The summed E-state index contributed by atoms with van der Waals surface area (Å²) in [5, 5.41) is 0.784. The van der Waals surface area contributed by atoms with Gasteiger partial charge in [-0.05, 0) is 19.3 Å². The maximum absolute atomic E-state index is 13.4. The van der Waals surface area contributed by atoms with E-state index in [0.717, 1.165) is 35.6 Å². The van der Waals surface area contributed by atoms with Gasteiger partial charge >= 0.3 is 0 Å². The van der Waals surface area contributed by atoms with Gasteiger partial charge in [-0.1, -0.05) is 96.8 Å². The summed E-state index contributed by atoms with van der Waals surface area (Å²) < 4.78 is 5.52. The molecule has 184 valence electrons. The first-order valence-electron chi connectivity index (χ1n) is 13.5. The van der Waals surface area contributed by atoms with E-state index in [4.69, 9.17) is 10.2 Å². The van der Waals surface area contributed by atoms with Crippen LogP contribution in [0.15, 0.2) is 22.9 Å². The van der Waals surface area contributed by atoms with E-state index in [1.165, 1.54) is 83.5 Å². The zero-order chi connectivity index (χ0) is 23.3. The number of anilines is 1. The summed E-state index contributed by atoms with van der Waals surface area (Å²) in [5.74, 6) is 1.30. The molecule has 0 bridgehead atoms. The van der Waals surface area contributed by atoms with E-state index in [1.807, 2.05) is 6.20 Å². The lowest BCUT2D eigenvalue weighted by Gasteiger charge is -2.18. The minimum absolute atomic E-state index is 0.0151. The smallest absolute Gasteiger partial charge is 0.185 e. The highest BCUT2D eigenvalue weighted by atomic mass is 32.1. The largest absolute Gasteiger partial charge is 0.460 e. The maximum Gasteiger partial charge on any atom is 0.185 e. The molecule has 0 saturated heterocycles. The van der Waals surface area contributed by atoms with Crippen LogP contribution in [0.3, 0.4) is 0 Å². The average Bonchev–Trinajstić information content (AvgIpc) is 3.58. The number of hydrogen-bond donors (Lipinski definition) is 1. The Morgan fingerprint density at radius 3 is 2.21 bits per heavy atom. The van der Waals surface area contributed by atoms with E-state index >= 15 is 0 Å². The Morgan fingerprint density at radius 2 is 1.64 bits per heavy atom. The number of Topliss-reactive ketones (excluding diaryl/α,β-unsaturated/α-hetero) is 1. The molecule has 0 amide bonds. The summed E-state index contributed by atoms with van der Waals surface area (Å²) in [5.41, 5.74) is 6.61. The van der Waals surface area contributed by atoms with Crippen molar-refractivity contribution in [3.63, 3.8) is 0 Å². The quantitative estimate of drug-likeness (QED) is 0.233. The molecule has 1 unspecified atom stereocenters. The Bertz CT molecular complexity index is 806. The number of unbranched alkanes of at least 4 members (excludes halogenated alkanes) is 11. The van der Waals surface area contributed by atoms with Gasteiger partial charge in [0.25, 0.3) is 0 Å². The molecule has 33 heavy (non-hydrogen) atoms. The van der Waals surface area contributed by atoms with Crippen LogP contribution in [-0.4, -0.2) is 10.8 Å². The first-order valence-corrected chi connectivity index (χ1v) is 14.3. The van der Waals surface area contributed by atoms with Gasteiger partial charge in [0.15, 0.2) is 10.8 Å². The molecule has 0 aromatic carbocycles. The SMILES string of the molecule is CCCCCCCCCCCCCCC(C(=O)C1CCCC1)c1cnc(-c2occc2N)s1. The molecule has 2 aromatic rings. The van der Waals surface area contributed by atoms with Crippen LogP contribution in [0.25, 0.3) is 10.8 Å². The first kappa shape index (κ1) is 26.0. The summed E-state index contributed by atoms with van der Waals surface area (Å²) in [4.78, 5) is 19.0. The number of furan rings is 1. The molecule has 2 aromatic heterocycles. The van der Waals surface area contributed by atoms with Gasteiger partial charge in [-0.3, -0.25) is 4.79 Å². The molecule has 0 aliphatic heterocycles. The molecule has 4 nitrogen and oxygen atoms in total. The highest BCUT2D eigenvalue weighted by Gasteiger charge is 2.31. The van der Waals surface area contributed by atoms with Crippen LogP contribution in [0.4, 0.5) is 5.69 Å². The second-order valence-electron chi connectivity index (χ2n) is 9.89. The lowest BCUT2D eigenvalue weighted by atomic mass is 9.87. The van der Waals surface area contributed by atoms with Crippen molar-refractivity contribution in [1.82, 2.24) is 4.98 Å². The van der Waals surface area contributed by atoms with E-state index in [9.17, 15) is 4.79 Å². The fraction of sp³-hybridized carbons (Fsp3) is 0.714. The molecule has 1 fully saturated rings. The number of ketones is 1. The topological polar surface area (TPSA) is 69.1 Å². The second-order valence-corrected chi connectivity index (χ2v) is 10.9. The second kappa shape index (κ2) is 14.6. The Hall–Kier alpha value is -1.62. The van der Waals surface area contributed by atoms with Gasteiger partial charge in [0.05, 0.1) is 17.9 Å². The van der Waals surface area contributed by atoms with E-state index < -0.39 is 0 Å². The fourth-order valence-corrected chi connectivity index (χ4v) is 6.22. The van der Waals surface area contributed by atoms with Gasteiger partial charge in [-0.2, -0.15) is 0 Å². The predicted molar refractivity (Wildman–Crippen MR) is 140 cm³/mol. The first-order chi connectivity index (χ1) is 16.2. The van der Waals surface area contributed by atoms with Crippen LogP contribution in [0.5, 0.6) is 0 Å². The lowest BCUT2D eigenvalue weighted by molar-refractivity contribution is -0.124. The average molecular weight is 473 g/mol. The molecule has 2 heterocycles. The summed E-state index contributed by atoms with van der Waals surface area (Å²) in [6.45, 7) is 2.28. The summed E-state index contributed by atoms with van der Waals surface area (Å²) in [6.07, 6.45) is 25.0. The molecule has 1 aliphatic carbocycles. The Labute approximate surface area is 204 Å². The van der Waals surface area contributed by atoms with Crippen molar-refractivity contribution in [2.24, 2.45) is 5.92 Å². The molecule has 0 radical (unpaired) electrons. The molecule has 0 spiro atoms. The number of nitrogens with zero attached hydrogens (tertiary/aromatic N) is 1. The fourth-order valence-electron chi connectivity index (χ4n) is 5.15. The monoisotopic (exact) mass is 472 g/mol. The maximum atomic E-state index is 13.4. The van der Waals surface area contributed by atoms with E-state index in [1.54, 1.807) is 23.7 Å². The molecule has 5 heteroatoms. The number of thiazole rings is 1. The Balaban J connectivity index is 1.42. The van der Waals surface area contributed by atoms with Crippen LogP contribution >= 0.6 is 11.3 Å². The molecule has 1 aliphatic rings. The van der Waals surface area contributed by atoms with Gasteiger partial charge in [0.2, 0.25) is 0 Å². The normalized spacial score (nSPS) is 15.3. The van der Waals surface area contributed by atoms with Crippen molar-refractivity contribution in [2.45, 2.75) is 122 Å². The number of nitrogen functional groups attached to an aromatic ring is 1. The minimum Gasteiger partial charge on any atom is -0.460 e. The van der Waals surface area contributed by atoms with Gasteiger partial charge in [0.1, 0.15) is 5.78 Å². The predicted octanol–water partition coefficient (Wildman–Crippen LogP) is 8.92. The van der Waals surface area contributed by atoms with Crippen LogP contribution in [0, 0.1) is 5.92 Å². The lowest BCUT2D eigenvalue weighted by Crippen LogP contribution is -2.19. The van der Waals surface area contributed by atoms with E-state index in [2.05, 4.69) is 11.9 Å². The summed E-state index contributed by atoms with van der Waals surface area (Å²) in [7, 11) is 0. The van der Waals surface area contributed by atoms with Gasteiger partial charge in [-0.15, -0.1) is 11.3 Å². The highest BCUT2D eigenvalue weighted by molar-refractivity contribution is 7.15. The minimum atomic E-state index is -0.0151. The van der Waals surface area contributed by atoms with Crippen LogP contribution in [-0.2, 0) is 4.79 Å². The number of carbonyl (C=O) groups is 1. The van der Waals surface area contributed by atoms with Crippen LogP contribution in [0.2, 0.25) is 0 Å². The van der Waals surface area contributed by atoms with Gasteiger partial charge in [0, 0.05) is 23.1 Å². The molecular formula is C28H44N2O2S. The highest BCUT2D eigenvalue weighted by Crippen LogP contribution is 2.39. The molecule has 3 rings (SSSR count). The van der Waals surface area contributed by atoms with Crippen molar-refractivity contribution >= 4 is 22.8 Å². The van der Waals surface area contributed by atoms with Crippen LogP contribution < -0.4 is 5.73 Å². The van der Waals surface area contributed by atoms with Crippen molar-refractivity contribution in [3.05, 3.63) is 23.4 Å². The summed E-state index contributed by atoms with van der Waals surface area (Å²) in [6, 6.07) is 1.75. The number of rotatable bonds is 17. The molecule has 2 N–H and O–H groups in total. The van der Waals surface area contributed by atoms with Crippen molar-refractivity contribution in [1.29, 1.82) is 0 Å². The Morgan fingerprint density at radius 1 is 1.03 bits per heavy atom. The third-order valence-corrected chi connectivity index (χ3v) is 8.31. The number of nitrogens with two attached hydrogens (primary N) is 1. The molecular weight excluding hydrogens is 428 g/mol. The molecule has 1 atom stereocenters.